The molecule has 0 heterocycles. The second kappa shape index (κ2) is 8.05. The Morgan fingerprint density at radius 3 is 2.00 bits per heavy atom. The SMILES string of the molecule is CN(c1ccc(CC(=O)Nc2ccccc2)cc1)S(=O)(=O)c1ccccc1. The topological polar surface area (TPSA) is 66.5 Å². The number of para-hydroxylation sites is 1. The highest BCUT2D eigenvalue weighted by Gasteiger charge is 2.20. The van der Waals surface area contributed by atoms with Crippen LogP contribution in [0.4, 0.5) is 11.4 Å². The predicted octanol–water partition coefficient (Wildman–Crippen LogP) is 3.69. The summed E-state index contributed by atoms with van der Waals surface area (Å²) in [6.07, 6.45) is 0.213. The van der Waals surface area contributed by atoms with Crippen LogP contribution in [0.1, 0.15) is 5.56 Å². The summed E-state index contributed by atoms with van der Waals surface area (Å²) >= 11 is 0. The van der Waals surface area contributed by atoms with Crippen LogP contribution in [0.25, 0.3) is 0 Å². The monoisotopic (exact) mass is 380 g/mol. The van der Waals surface area contributed by atoms with E-state index in [1.165, 1.54) is 11.4 Å². The summed E-state index contributed by atoms with van der Waals surface area (Å²) in [7, 11) is -2.10. The molecule has 0 radical (unpaired) electrons. The fraction of sp³-hybridized carbons (Fsp3) is 0.0952. The average molecular weight is 380 g/mol. The number of nitrogens with zero attached hydrogens (tertiary/aromatic N) is 1. The summed E-state index contributed by atoms with van der Waals surface area (Å²) in [5.41, 5.74) is 2.08. The molecule has 0 atom stereocenters. The molecule has 6 heteroatoms. The maximum atomic E-state index is 12.7. The van der Waals surface area contributed by atoms with Crippen molar-refractivity contribution in [1.29, 1.82) is 0 Å². The first-order valence-electron chi connectivity index (χ1n) is 8.44. The van der Waals surface area contributed by atoms with Crippen LogP contribution in [0, 0.1) is 0 Å². The molecule has 3 aromatic carbocycles. The Balaban J connectivity index is 1.69. The van der Waals surface area contributed by atoms with E-state index >= 15 is 0 Å². The smallest absolute Gasteiger partial charge is 0.264 e. The van der Waals surface area contributed by atoms with E-state index in [2.05, 4.69) is 5.32 Å². The van der Waals surface area contributed by atoms with Gasteiger partial charge in [-0.2, -0.15) is 0 Å². The number of benzene rings is 3. The zero-order chi connectivity index (χ0) is 19.3. The number of anilines is 2. The third kappa shape index (κ3) is 4.54. The van der Waals surface area contributed by atoms with Crippen molar-refractivity contribution in [2.45, 2.75) is 11.3 Å². The van der Waals surface area contributed by atoms with Gasteiger partial charge in [0.25, 0.3) is 10.0 Å². The molecule has 0 spiro atoms. The van der Waals surface area contributed by atoms with E-state index in [9.17, 15) is 13.2 Å². The van der Waals surface area contributed by atoms with Crippen molar-refractivity contribution >= 4 is 27.3 Å². The number of rotatable bonds is 6. The van der Waals surface area contributed by atoms with E-state index in [4.69, 9.17) is 0 Å². The highest BCUT2D eigenvalue weighted by atomic mass is 32.2. The summed E-state index contributed by atoms with van der Waals surface area (Å²) in [6, 6.07) is 24.4. The molecule has 3 aromatic rings. The van der Waals surface area contributed by atoms with Crippen molar-refractivity contribution in [3.05, 3.63) is 90.5 Å². The fourth-order valence-corrected chi connectivity index (χ4v) is 3.84. The van der Waals surface area contributed by atoms with Gasteiger partial charge in [-0.3, -0.25) is 9.10 Å². The van der Waals surface area contributed by atoms with Crippen molar-refractivity contribution in [3.63, 3.8) is 0 Å². The van der Waals surface area contributed by atoms with Gasteiger partial charge in [0.15, 0.2) is 0 Å². The molecule has 0 aliphatic carbocycles. The Kier molecular flexibility index (Phi) is 5.57. The van der Waals surface area contributed by atoms with Crippen LogP contribution < -0.4 is 9.62 Å². The maximum Gasteiger partial charge on any atom is 0.264 e. The Bertz CT molecular complexity index is 1000. The van der Waals surface area contributed by atoms with Gasteiger partial charge in [-0.25, -0.2) is 8.42 Å². The summed E-state index contributed by atoms with van der Waals surface area (Å²) in [5, 5.41) is 2.83. The van der Waals surface area contributed by atoms with Gasteiger partial charge in [0.05, 0.1) is 17.0 Å². The third-order valence-electron chi connectivity index (χ3n) is 4.12. The van der Waals surface area contributed by atoms with Gasteiger partial charge in [0.1, 0.15) is 0 Å². The normalized spacial score (nSPS) is 11.0. The standard InChI is InChI=1S/C21H20N2O3S/c1-23(27(25,26)20-10-6-3-7-11-20)19-14-12-17(13-15-19)16-21(24)22-18-8-4-2-5-9-18/h2-15H,16H2,1H3,(H,22,24). The first kappa shape index (κ1) is 18.7. The highest BCUT2D eigenvalue weighted by molar-refractivity contribution is 7.92. The van der Waals surface area contributed by atoms with Gasteiger partial charge in [0, 0.05) is 12.7 Å². The number of amides is 1. The lowest BCUT2D eigenvalue weighted by molar-refractivity contribution is -0.115. The number of carbonyl (C=O) groups excluding carboxylic acids is 1. The van der Waals surface area contributed by atoms with Gasteiger partial charge >= 0.3 is 0 Å². The van der Waals surface area contributed by atoms with E-state index in [0.717, 1.165) is 11.3 Å². The van der Waals surface area contributed by atoms with Crippen molar-refractivity contribution in [1.82, 2.24) is 0 Å². The first-order valence-corrected chi connectivity index (χ1v) is 9.88. The molecular weight excluding hydrogens is 360 g/mol. The highest BCUT2D eigenvalue weighted by Crippen LogP contribution is 2.22. The van der Waals surface area contributed by atoms with Gasteiger partial charge in [-0.05, 0) is 42.0 Å². The second-order valence-corrected chi connectivity index (χ2v) is 8.01. The predicted molar refractivity (Wildman–Crippen MR) is 107 cm³/mol. The molecule has 0 bridgehead atoms. The van der Waals surface area contributed by atoms with E-state index in [1.54, 1.807) is 54.6 Å². The van der Waals surface area contributed by atoms with Gasteiger partial charge in [-0.15, -0.1) is 0 Å². The lowest BCUT2D eigenvalue weighted by atomic mass is 10.1. The molecule has 1 N–H and O–H groups in total. The maximum absolute atomic E-state index is 12.7. The molecule has 5 nitrogen and oxygen atoms in total. The van der Waals surface area contributed by atoms with Crippen LogP contribution in [-0.4, -0.2) is 21.4 Å². The van der Waals surface area contributed by atoms with Crippen LogP contribution in [0.15, 0.2) is 89.8 Å². The molecular formula is C21H20N2O3S. The Morgan fingerprint density at radius 1 is 0.852 bits per heavy atom. The number of nitrogens with one attached hydrogen (secondary N) is 1. The zero-order valence-electron chi connectivity index (χ0n) is 14.9. The third-order valence-corrected chi connectivity index (χ3v) is 5.92. The van der Waals surface area contributed by atoms with Crippen LogP contribution in [0.2, 0.25) is 0 Å². The molecule has 138 valence electrons. The Morgan fingerprint density at radius 2 is 1.41 bits per heavy atom. The van der Waals surface area contributed by atoms with Crippen molar-refractivity contribution in [2.24, 2.45) is 0 Å². The van der Waals surface area contributed by atoms with Crippen LogP contribution in [0.5, 0.6) is 0 Å². The second-order valence-electron chi connectivity index (χ2n) is 6.04. The zero-order valence-corrected chi connectivity index (χ0v) is 15.7. The summed E-state index contributed by atoms with van der Waals surface area (Å²) in [5.74, 6) is -0.126. The molecule has 3 rings (SSSR count). The largest absolute Gasteiger partial charge is 0.326 e. The number of sulfonamides is 1. The Hall–Kier alpha value is -3.12. The summed E-state index contributed by atoms with van der Waals surface area (Å²) in [6.45, 7) is 0. The first-order chi connectivity index (χ1) is 13.0. The summed E-state index contributed by atoms with van der Waals surface area (Å²) < 4.78 is 26.6. The van der Waals surface area contributed by atoms with Gasteiger partial charge in [-0.1, -0.05) is 48.5 Å². The molecule has 0 saturated carbocycles. The minimum Gasteiger partial charge on any atom is -0.326 e. The molecule has 0 unspecified atom stereocenters. The van der Waals surface area contributed by atoms with E-state index in [1.807, 2.05) is 30.3 Å². The van der Waals surface area contributed by atoms with E-state index < -0.39 is 10.0 Å². The summed E-state index contributed by atoms with van der Waals surface area (Å²) in [4.78, 5) is 12.4. The molecule has 0 aliphatic heterocycles. The lowest BCUT2D eigenvalue weighted by Gasteiger charge is -2.19. The van der Waals surface area contributed by atoms with Gasteiger partial charge < -0.3 is 5.32 Å². The average Bonchev–Trinajstić information content (AvgIpc) is 2.69. The number of hydrogen-bond donors (Lipinski definition) is 1. The van der Waals surface area contributed by atoms with Crippen LogP contribution >= 0.6 is 0 Å². The molecule has 1 amide bonds. The number of carbonyl (C=O) groups is 1. The number of hydrogen-bond acceptors (Lipinski definition) is 3. The Labute approximate surface area is 159 Å². The lowest BCUT2D eigenvalue weighted by Crippen LogP contribution is -2.26. The molecule has 0 fully saturated rings. The van der Waals surface area contributed by atoms with Crippen LogP contribution in [-0.2, 0) is 21.2 Å². The van der Waals surface area contributed by atoms with Crippen molar-refractivity contribution < 1.29 is 13.2 Å². The molecule has 0 saturated heterocycles. The molecule has 0 aromatic heterocycles. The molecule has 0 aliphatic rings. The molecule has 27 heavy (non-hydrogen) atoms. The van der Waals surface area contributed by atoms with Crippen LogP contribution in [0.3, 0.4) is 0 Å². The minimum absolute atomic E-state index is 0.126. The van der Waals surface area contributed by atoms with Crippen molar-refractivity contribution in [3.8, 4) is 0 Å². The minimum atomic E-state index is -3.61. The van der Waals surface area contributed by atoms with E-state index in [0.29, 0.717) is 5.69 Å². The van der Waals surface area contributed by atoms with Gasteiger partial charge in [0.2, 0.25) is 5.91 Å². The fourth-order valence-electron chi connectivity index (χ4n) is 2.63. The van der Waals surface area contributed by atoms with Crippen molar-refractivity contribution in [2.75, 3.05) is 16.7 Å². The van der Waals surface area contributed by atoms with E-state index in [-0.39, 0.29) is 17.2 Å². The quantitative estimate of drug-likeness (QED) is 0.709.